The number of nitrogens with zero attached hydrogens (tertiary/aromatic N) is 1. The third-order valence-electron chi connectivity index (χ3n) is 3.07. The van der Waals surface area contributed by atoms with Gasteiger partial charge in [0.1, 0.15) is 0 Å². The molecule has 0 aliphatic carbocycles. The zero-order valence-electron chi connectivity index (χ0n) is 10.7. The zero-order valence-corrected chi connectivity index (χ0v) is 12.5. The van der Waals surface area contributed by atoms with E-state index in [4.69, 9.17) is 5.73 Å². The van der Waals surface area contributed by atoms with Gasteiger partial charge in [0.25, 0.3) is 0 Å². The van der Waals surface area contributed by atoms with Crippen molar-refractivity contribution in [2.75, 3.05) is 31.3 Å². The number of rotatable bonds is 6. The zero-order chi connectivity index (χ0) is 12.0. The summed E-state index contributed by atoms with van der Waals surface area (Å²) in [5.41, 5.74) is 7.07. The molecule has 0 amide bonds. The molecule has 1 aliphatic heterocycles. The van der Waals surface area contributed by atoms with Crippen molar-refractivity contribution in [1.82, 2.24) is 9.62 Å². The average molecular weight is 263 g/mol. The second kappa shape index (κ2) is 7.88. The van der Waals surface area contributed by atoms with E-state index in [1.807, 2.05) is 11.9 Å². The first-order valence-corrected chi connectivity index (χ1v) is 8.54. The average Bonchev–Trinajstić information content (AvgIpc) is 2.30. The minimum Gasteiger partial charge on any atom is -0.329 e. The van der Waals surface area contributed by atoms with Crippen LogP contribution in [0.15, 0.2) is 0 Å². The number of nitrogens with two attached hydrogens (primary N) is 1. The van der Waals surface area contributed by atoms with Crippen LogP contribution in [-0.2, 0) is 0 Å². The Kier molecular flexibility index (Phi) is 7.25. The van der Waals surface area contributed by atoms with Gasteiger partial charge in [-0.25, -0.2) is 4.31 Å². The van der Waals surface area contributed by atoms with Gasteiger partial charge in [0, 0.05) is 37.2 Å². The van der Waals surface area contributed by atoms with Gasteiger partial charge in [-0.1, -0.05) is 25.8 Å². The Balaban J connectivity index is 2.24. The Hall–Kier alpha value is 0.660. The Morgan fingerprint density at radius 2 is 2.19 bits per heavy atom. The largest absolute Gasteiger partial charge is 0.329 e. The van der Waals surface area contributed by atoms with Gasteiger partial charge in [-0.3, -0.25) is 0 Å². The van der Waals surface area contributed by atoms with Gasteiger partial charge in [0.15, 0.2) is 0 Å². The molecule has 5 heteroatoms. The second-order valence-electron chi connectivity index (χ2n) is 4.76. The molecule has 0 spiro atoms. The summed E-state index contributed by atoms with van der Waals surface area (Å²) >= 11 is 2.01. The fraction of sp³-hybridized carbons (Fsp3) is 1.00. The first kappa shape index (κ1) is 14.7. The summed E-state index contributed by atoms with van der Waals surface area (Å²) in [7, 11) is 1.15. The minimum absolute atomic E-state index is 0.458. The van der Waals surface area contributed by atoms with Crippen molar-refractivity contribution >= 4 is 20.5 Å². The molecule has 0 aromatic heterocycles. The van der Waals surface area contributed by atoms with Gasteiger partial charge in [-0.2, -0.15) is 0 Å². The molecule has 1 rings (SSSR count). The summed E-state index contributed by atoms with van der Waals surface area (Å²) in [5, 5.41) is 3.59. The predicted molar refractivity (Wildman–Crippen MR) is 77.5 cm³/mol. The first-order valence-electron chi connectivity index (χ1n) is 6.19. The molecule has 0 aromatic carbocycles. The van der Waals surface area contributed by atoms with Gasteiger partial charge in [0.05, 0.1) is 0 Å². The molecule has 3 nitrogen and oxygen atoms in total. The third-order valence-corrected chi connectivity index (χ3v) is 5.85. The molecular formula is C11H26N3PS. The van der Waals surface area contributed by atoms with E-state index in [2.05, 4.69) is 30.4 Å². The van der Waals surface area contributed by atoms with Crippen LogP contribution in [-0.4, -0.2) is 47.7 Å². The van der Waals surface area contributed by atoms with Crippen LogP contribution in [0.2, 0.25) is 0 Å². The molecule has 0 aromatic rings. The summed E-state index contributed by atoms with van der Waals surface area (Å²) in [4.78, 5) is 0. The lowest BCUT2D eigenvalue weighted by Gasteiger charge is -2.32. The summed E-state index contributed by atoms with van der Waals surface area (Å²) in [6, 6.07) is 1.07. The molecule has 16 heavy (non-hydrogen) atoms. The fourth-order valence-electron chi connectivity index (χ4n) is 1.82. The number of hydrogen-bond donors (Lipinski definition) is 2. The van der Waals surface area contributed by atoms with Crippen molar-refractivity contribution in [2.45, 2.75) is 32.9 Å². The van der Waals surface area contributed by atoms with E-state index < -0.39 is 0 Å². The topological polar surface area (TPSA) is 41.3 Å². The number of nitrogens with one attached hydrogen (secondary N) is 1. The molecule has 3 N–H and O–H groups in total. The van der Waals surface area contributed by atoms with Crippen molar-refractivity contribution in [2.24, 2.45) is 11.7 Å². The highest BCUT2D eigenvalue weighted by Crippen LogP contribution is 2.29. The molecular weight excluding hydrogens is 237 g/mol. The van der Waals surface area contributed by atoms with E-state index in [9.17, 15) is 0 Å². The summed E-state index contributed by atoms with van der Waals surface area (Å²) in [6.07, 6.45) is 1.38. The lowest BCUT2D eigenvalue weighted by atomic mass is 10.0. The van der Waals surface area contributed by atoms with Crippen LogP contribution < -0.4 is 11.1 Å². The van der Waals surface area contributed by atoms with Crippen molar-refractivity contribution < 1.29 is 0 Å². The van der Waals surface area contributed by atoms with E-state index in [1.165, 1.54) is 18.2 Å². The highest BCUT2D eigenvalue weighted by atomic mass is 32.2. The molecule has 1 saturated heterocycles. The minimum atomic E-state index is 0.458. The summed E-state index contributed by atoms with van der Waals surface area (Å²) in [5.74, 6) is 0.618. The van der Waals surface area contributed by atoms with Crippen molar-refractivity contribution in [3.8, 4) is 0 Å². The molecule has 1 heterocycles. The Morgan fingerprint density at radius 1 is 1.44 bits per heavy atom. The highest BCUT2D eigenvalue weighted by Gasteiger charge is 2.19. The van der Waals surface area contributed by atoms with Crippen molar-refractivity contribution in [3.63, 3.8) is 0 Å². The van der Waals surface area contributed by atoms with Crippen LogP contribution in [0.5, 0.6) is 0 Å². The fourth-order valence-corrected chi connectivity index (χ4v) is 4.53. The maximum atomic E-state index is 5.76. The van der Waals surface area contributed by atoms with Gasteiger partial charge in [-0.05, 0) is 19.0 Å². The Labute approximate surface area is 106 Å². The van der Waals surface area contributed by atoms with Gasteiger partial charge < -0.3 is 11.1 Å². The predicted octanol–water partition coefficient (Wildman–Crippen LogP) is 1.55. The summed E-state index contributed by atoms with van der Waals surface area (Å²) in [6.45, 7) is 9.80. The maximum absolute atomic E-state index is 5.76. The molecule has 1 fully saturated rings. The van der Waals surface area contributed by atoms with Crippen molar-refractivity contribution in [3.05, 3.63) is 0 Å². The first-order chi connectivity index (χ1) is 7.65. The van der Waals surface area contributed by atoms with Crippen LogP contribution in [0, 0.1) is 5.92 Å². The Bertz CT molecular complexity index is 186. The quantitative estimate of drug-likeness (QED) is 0.563. The van der Waals surface area contributed by atoms with E-state index in [-0.39, 0.29) is 0 Å². The van der Waals surface area contributed by atoms with Gasteiger partial charge in [0.2, 0.25) is 0 Å². The molecule has 0 radical (unpaired) electrons. The van der Waals surface area contributed by atoms with Crippen LogP contribution >= 0.6 is 20.5 Å². The van der Waals surface area contributed by atoms with Crippen LogP contribution in [0.4, 0.5) is 0 Å². The summed E-state index contributed by atoms with van der Waals surface area (Å²) < 4.78 is 2.53. The molecule has 0 bridgehead atoms. The molecule has 96 valence electrons. The molecule has 3 atom stereocenters. The SMILES string of the molecule is CC(C)C(CN)NC[C@H](C)N1CCPCS1. The van der Waals surface area contributed by atoms with Gasteiger partial charge >= 0.3 is 0 Å². The lowest BCUT2D eigenvalue weighted by molar-refractivity contribution is 0.329. The van der Waals surface area contributed by atoms with E-state index in [1.54, 1.807) is 0 Å². The van der Waals surface area contributed by atoms with E-state index in [0.717, 1.165) is 21.7 Å². The van der Waals surface area contributed by atoms with Crippen LogP contribution in [0.25, 0.3) is 0 Å². The molecule has 0 saturated carbocycles. The van der Waals surface area contributed by atoms with Crippen LogP contribution in [0.3, 0.4) is 0 Å². The third kappa shape index (κ3) is 4.89. The maximum Gasteiger partial charge on any atom is 0.0299 e. The molecule has 1 aliphatic rings. The van der Waals surface area contributed by atoms with E-state index in [0.29, 0.717) is 18.0 Å². The van der Waals surface area contributed by atoms with Crippen molar-refractivity contribution in [1.29, 1.82) is 0 Å². The lowest BCUT2D eigenvalue weighted by Crippen LogP contribution is -2.46. The van der Waals surface area contributed by atoms with Gasteiger partial charge in [-0.15, -0.1) is 8.58 Å². The van der Waals surface area contributed by atoms with Crippen LogP contribution in [0.1, 0.15) is 20.8 Å². The monoisotopic (exact) mass is 263 g/mol. The van der Waals surface area contributed by atoms with E-state index >= 15 is 0 Å². The highest BCUT2D eigenvalue weighted by molar-refractivity contribution is 8.01. The normalized spacial score (nSPS) is 23.8. The number of hydrogen-bond acceptors (Lipinski definition) is 4. The molecule has 2 unspecified atom stereocenters. The smallest absolute Gasteiger partial charge is 0.0299 e. The second-order valence-corrected chi connectivity index (χ2v) is 7.64. The Morgan fingerprint density at radius 3 is 2.69 bits per heavy atom. The standard InChI is InChI=1S/C11H26N3PS/c1-9(2)11(6-12)13-7-10(3)14-4-5-15-8-16-14/h9-11,13,15H,4-8,12H2,1-3H3/t10-,11?/m0/s1.